The number of benzene rings is 1. The van der Waals surface area contributed by atoms with Crippen molar-refractivity contribution >= 4 is 11.6 Å². The van der Waals surface area contributed by atoms with E-state index in [0.29, 0.717) is 6.61 Å². The van der Waals surface area contributed by atoms with Crippen LogP contribution in [0.5, 0.6) is 0 Å². The fourth-order valence-electron chi connectivity index (χ4n) is 2.80. The third-order valence-corrected chi connectivity index (χ3v) is 4.39. The minimum absolute atomic E-state index is 0.0148. The van der Waals surface area contributed by atoms with Gasteiger partial charge in [-0.3, -0.25) is 0 Å². The number of nitrogens with one attached hydrogen (secondary N) is 1. The van der Waals surface area contributed by atoms with Gasteiger partial charge in [-0.2, -0.15) is 0 Å². The average Bonchev–Trinajstić information content (AvgIpc) is 2.42. The van der Waals surface area contributed by atoms with E-state index in [1.54, 1.807) is 0 Å². The molecule has 0 heterocycles. The molecule has 0 aromatic heterocycles. The monoisotopic (exact) mass is 281 g/mol. The first-order valence-electron chi connectivity index (χ1n) is 7.16. The van der Waals surface area contributed by atoms with Gasteiger partial charge in [0.15, 0.2) is 0 Å². The van der Waals surface area contributed by atoms with Crippen LogP contribution in [0.3, 0.4) is 0 Å². The standard InChI is InChI=1S/C16H24ClNO/c1-13-7-9-16(10-8-13,12-18-2)19-11-14-3-5-15(17)6-4-14/h3-6,13,18H,7-12H2,1-2H3. The summed E-state index contributed by atoms with van der Waals surface area (Å²) in [4.78, 5) is 0. The van der Waals surface area contributed by atoms with Gasteiger partial charge in [0, 0.05) is 11.6 Å². The molecule has 3 heteroatoms. The molecule has 1 fully saturated rings. The van der Waals surface area contributed by atoms with E-state index in [2.05, 4.69) is 12.2 Å². The third-order valence-electron chi connectivity index (χ3n) is 4.14. The van der Waals surface area contributed by atoms with Crippen LogP contribution in [0.4, 0.5) is 0 Å². The second-order valence-corrected chi connectivity index (χ2v) is 6.25. The van der Waals surface area contributed by atoms with Crippen LogP contribution in [0.15, 0.2) is 24.3 Å². The summed E-state index contributed by atoms with van der Waals surface area (Å²) in [5, 5.41) is 4.07. The zero-order valence-electron chi connectivity index (χ0n) is 11.9. The molecule has 1 aromatic carbocycles. The van der Waals surface area contributed by atoms with Gasteiger partial charge in [0.05, 0.1) is 12.2 Å². The lowest BCUT2D eigenvalue weighted by Gasteiger charge is -2.39. The fourth-order valence-corrected chi connectivity index (χ4v) is 2.93. The molecule has 0 bridgehead atoms. The fraction of sp³-hybridized carbons (Fsp3) is 0.625. The molecule has 0 aliphatic heterocycles. The molecular weight excluding hydrogens is 258 g/mol. The van der Waals surface area contributed by atoms with E-state index in [9.17, 15) is 0 Å². The molecule has 0 amide bonds. The summed E-state index contributed by atoms with van der Waals surface area (Å²) in [5.41, 5.74) is 1.21. The summed E-state index contributed by atoms with van der Waals surface area (Å²) in [6, 6.07) is 7.93. The van der Waals surface area contributed by atoms with Gasteiger partial charge in [0.1, 0.15) is 0 Å². The normalized spacial score (nSPS) is 27.4. The van der Waals surface area contributed by atoms with E-state index in [-0.39, 0.29) is 5.60 Å². The van der Waals surface area contributed by atoms with Crippen molar-refractivity contribution in [1.82, 2.24) is 5.32 Å². The molecule has 0 radical (unpaired) electrons. The second-order valence-electron chi connectivity index (χ2n) is 5.81. The van der Waals surface area contributed by atoms with Crippen LogP contribution in [0.25, 0.3) is 0 Å². The highest BCUT2D eigenvalue weighted by Crippen LogP contribution is 2.35. The van der Waals surface area contributed by atoms with Crippen LogP contribution in [0.2, 0.25) is 5.02 Å². The third kappa shape index (κ3) is 4.20. The second kappa shape index (κ2) is 6.74. The van der Waals surface area contributed by atoms with Gasteiger partial charge in [-0.05, 0) is 56.3 Å². The first kappa shape index (κ1) is 14.8. The van der Waals surface area contributed by atoms with Crippen LogP contribution >= 0.6 is 11.6 Å². The molecule has 2 rings (SSSR count). The minimum atomic E-state index is 0.0148. The summed E-state index contributed by atoms with van der Waals surface area (Å²) >= 11 is 5.90. The summed E-state index contributed by atoms with van der Waals surface area (Å²) in [5.74, 6) is 0.837. The molecule has 0 atom stereocenters. The number of hydrogen-bond acceptors (Lipinski definition) is 2. The maximum Gasteiger partial charge on any atom is 0.0810 e. The molecule has 1 aromatic rings. The van der Waals surface area contributed by atoms with Crippen LogP contribution in [-0.2, 0) is 11.3 Å². The molecule has 1 saturated carbocycles. The van der Waals surface area contributed by atoms with Crippen molar-refractivity contribution in [2.24, 2.45) is 5.92 Å². The Morgan fingerprint density at radius 3 is 2.47 bits per heavy atom. The topological polar surface area (TPSA) is 21.3 Å². The van der Waals surface area contributed by atoms with E-state index in [1.165, 1.54) is 18.4 Å². The van der Waals surface area contributed by atoms with E-state index >= 15 is 0 Å². The summed E-state index contributed by atoms with van der Waals surface area (Å²) in [6.07, 6.45) is 4.84. The van der Waals surface area contributed by atoms with Crippen LogP contribution in [0.1, 0.15) is 38.2 Å². The Hall–Kier alpha value is -0.570. The molecule has 1 aliphatic carbocycles. The molecule has 0 unspecified atom stereocenters. The number of likely N-dealkylation sites (N-methyl/N-ethyl adjacent to an activating group) is 1. The zero-order valence-corrected chi connectivity index (χ0v) is 12.7. The number of hydrogen-bond donors (Lipinski definition) is 1. The minimum Gasteiger partial charge on any atom is -0.369 e. The van der Waals surface area contributed by atoms with Crippen LogP contribution in [-0.4, -0.2) is 19.2 Å². The number of ether oxygens (including phenoxy) is 1. The first-order valence-corrected chi connectivity index (χ1v) is 7.54. The molecule has 1 N–H and O–H groups in total. The quantitative estimate of drug-likeness (QED) is 0.880. The van der Waals surface area contributed by atoms with Crippen molar-refractivity contribution in [2.45, 2.75) is 44.8 Å². The van der Waals surface area contributed by atoms with Crippen molar-refractivity contribution in [3.05, 3.63) is 34.9 Å². The lowest BCUT2D eigenvalue weighted by Crippen LogP contribution is -2.44. The predicted octanol–water partition coefficient (Wildman–Crippen LogP) is 4.02. The zero-order chi connectivity index (χ0) is 13.7. The molecule has 1 aliphatic rings. The Morgan fingerprint density at radius 1 is 1.26 bits per heavy atom. The Kier molecular flexibility index (Phi) is 5.26. The van der Waals surface area contributed by atoms with Gasteiger partial charge in [-0.25, -0.2) is 0 Å². The average molecular weight is 282 g/mol. The van der Waals surface area contributed by atoms with Gasteiger partial charge in [-0.15, -0.1) is 0 Å². The predicted molar refractivity (Wildman–Crippen MR) is 80.5 cm³/mol. The van der Waals surface area contributed by atoms with Gasteiger partial charge < -0.3 is 10.1 Å². The number of halogens is 1. The Labute approximate surface area is 121 Å². The molecule has 0 saturated heterocycles. The van der Waals surface area contributed by atoms with E-state index in [0.717, 1.165) is 30.3 Å². The molecule has 0 spiro atoms. The van der Waals surface area contributed by atoms with Gasteiger partial charge >= 0.3 is 0 Å². The smallest absolute Gasteiger partial charge is 0.0810 e. The van der Waals surface area contributed by atoms with Crippen molar-refractivity contribution in [3.8, 4) is 0 Å². The molecule has 2 nitrogen and oxygen atoms in total. The Morgan fingerprint density at radius 2 is 1.89 bits per heavy atom. The SMILES string of the molecule is CNCC1(OCc2ccc(Cl)cc2)CCC(C)CC1. The molecule has 106 valence electrons. The molecule has 19 heavy (non-hydrogen) atoms. The Bertz CT molecular complexity index is 382. The van der Waals surface area contributed by atoms with Crippen molar-refractivity contribution in [1.29, 1.82) is 0 Å². The van der Waals surface area contributed by atoms with Gasteiger partial charge in [-0.1, -0.05) is 30.7 Å². The van der Waals surface area contributed by atoms with Gasteiger partial charge in [0.2, 0.25) is 0 Å². The van der Waals surface area contributed by atoms with E-state index in [1.807, 2.05) is 31.3 Å². The maximum atomic E-state index is 6.28. The first-order chi connectivity index (χ1) is 9.13. The van der Waals surface area contributed by atoms with Crippen LogP contribution < -0.4 is 5.32 Å². The van der Waals surface area contributed by atoms with Gasteiger partial charge in [0.25, 0.3) is 0 Å². The lowest BCUT2D eigenvalue weighted by molar-refractivity contribution is -0.0840. The highest BCUT2D eigenvalue weighted by molar-refractivity contribution is 6.30. The summed E-state index contributed by atoms with van der Waals surface area (Å²) in [6.45, 7) is 3.95. The summed E-state index contributed by atoms with van der Waals surface area (Å²) in [7, 11) is 2.01. The number of rotatable bonds is 5. The largest absolute Gasteiger partial charge is 0.369 e. The van der Waals surface area contributed by atoms with Crippen molar-refractivity contribution < 1.29 is 4.74 Å². The highest BCUT2D eigenvalue weighted by atomic mass is 35.5. The van der Waals surface area contributed by atoms with Crippen LogP contribution in [0, 0.1) is 5.92 Å². The van der Waals surface area contributed by atoms with Crippen molar-refractivity contribution in [3.63, 3.8) is 0 Å². The van der Waals surface area contributed by atoms with Crippen molar-refractivity contribution in [2.75, 3.05) is 13.6 Å². The molecular formula is C16H24ClNO. The van der Waals surface area contributed by atoms with E-state index in [4.69, 9.17) is 16.3 Å². The Balaban J connectivity index is 1.95. The maximum absolute atomic E-state index is 6.28. The van der Waals surface area contributed by atoms with E-state index < -0.39 is 0 Å². The summed E-state index contributed by atoms with van der Waals surface area (Å²) < 4.78 is 6.28. The lowest BCUT2D eigenvalue weighted by atomic mass is 9.79. The highest BCUT2D eigenvalue weighted by Gasteiger charge is 2.34.